The van der Waals surface area contributed by atoms with E-state index in [1.165, 1.54) is 19.3 Å². The topological polar surface area (TPSA) is 117 Å². The number of ether oxygens (including phenoxy) is 2. The van der Waals surface area contributed by atoms with Crippen LogP contribution in [0.3, 0.4) is 0 Å². The average Bonchev–Trinajstić information content (AvgIpc) is 3.20. The fourth-order valence-electron chi connectivity index (χ4n) is 5.01. The number of hydrogen-bond donors (Lipinski definition) is 4. The first kappa shape index (κ1) is 30.5. The fraction of sp³-hybridized carbons (Fsp3) is 0.516. The molecule has 1 aliphatic carbocycles. The molecule has 0 saturated heterocycles. The van der Waals surface area contributed by atoms with Crippen molar-refractivity contribution >= 4 is 57.2 Å². The lowest BCUT2D eigenvalue weighted by atomic mass is 9.95. The van der Waals surface area contributed by atoms with Crippen LogP contribution >= 0.6 is 11.6 Å². The monoisotopic (exact) mass is 583 g/mol. The Morgan fingerprint density at radius 2 is 1.68 bits per heavy atom. The molecule has 1 saturated carbocycles. The Balaban J connectivity index is 1.58. The summed E-state index contributed by atoms with van der Waals surface area (Å²) in [5.41, 5.74) is 2.73. The Morgan fingerprint density at radius 3 is 2.37 bits per heavy atom. The van der Waals surface area contributed by atoms with Crippen LogP contribution in [0.1, 0.15) is 79.2 Å². The van der Waals surface area contributed by atoms with E-state index in [4.69, 9.17) is 21.1 Å². The number of H-pyrrole nitrogens is 1. The largest absolute Gasteiger partial charge is 0.444 e. The molecule has 9 nitrogen and oxygen atoms in total. The maximum absolute atomic E-state index is 12.5. The molecule has 0 unspecified atom stereocenters. The highest BCUT2D eigenvalue weighted by Gasteiger charge is 2.21. The lowest BCUT2D eigenvalue weighted by Gasteiger charge is -2.24. The number of nitrogens with zero attached hydrogens (tertiary/aromatic N) is 1. The number of amides is 2. The van der Waals surface area contributed by atoms with Gasteiger partial charge in [-0.15, -0.1) is 4.99 Å². The summed E-state index contributed by atoms with van der Waals surface area (Å²) in [6.07, 6.45) is 5.14. The Kier molecular flexibility index (Phi) is 9.37. The van der Waals surface area contributed by atoms with Crippen molar-refractivity contribution in [3.63, 3.8) is 0 Å². The van der Waals surface area contributed by atoms with Crippen LogP contribution in [0.15, 0.2) is 35.3 Å². The molecule has 3 aromatic rings. The SMILES string of the molecule is CC(C)(C)OC(=O)/N=C(\NCCc1cc(NC2CCCCC2)cc2c1[nH]c1ccc(Cl)cc12)NC(=O)OC(C)(C)C. The molecular formula is C31H42ClN5O4. The third-order valence-electron chi connectivity index (χ3n) is 6.63. The first-order chi connectivity index (χ1) is 19.3. The Bertz CT molecular complexity index is 1430. The molecule has 1 heterocycles. The standard InChI is InChI=1S/C31H42ClN5O4/c1-30(2,3)40-28(38)36-27(37-29(39)41-31(4,5)6)33-15-14-19-16-22(34-21-10-8-7-9-11-21)18-24-23-17-20(32)12-13-25(23)35-26(19)24/h12-13,16-18,21,34-35H,7-11,14-15H2,1-6H3,(H2,33,36,37,38,39). The molecule has 0 aliphatic heterocycles. The highest BCUT2D eigenvalue weighted by molar-refractivity contribution is 6.31. The van der Waals surface area contributed by atoms with Gasteiger partial charge in [0.25, 0.3) is 0 Å². The van der Waals surface area contributed by atoms with Crippen LogP contribution < -0.4 is 16.0 Å². The summed E-state index contributed by atoms with van der Waals surface area (Å²) in [6.45, 7) is 10.9. The molecule has 2 aromatic carbocycles. The Hall–Kier alpha value is -3.46. The van der Waals surface area contributed by atoms with E-state index in [0.29, 0.717) is 24.0 Å². The van der Waals surface area contributed by atoms with Gasteiger partial charge in [0.1, 0.15) is 11.2 Å². The van der Waals surface area contributed by atoms with E-state index in [0.717, 1.165) is 45.9 Å². The number of nitrogens with one attached hydrogen (secondary N) is 4. The van der Waals surface area contributed by atoms with E-state index in [9.17, 15) is 9.59 Å². The van der Waals surface area contributed by atoms with Gasteiger partial charge < -0.3 is 25.1 Å². The van der Waals surface area contributed by atoms with Gasteiger partial charge in [0, 0.05) is 45.1 Å². The van der Waals surface area contributed by atoms with Gasteiger partial charge in [-0.2, -0.15) is 0 Å². The minimum atomic E-state index is -0.815. The van der Waals surface area contributed by atoms with Gasteiger partial charge in [-0.1, -0.05) is 30.9 Å². The summed E-state index contributed by atoms with van der Waals surface area (Å²) >= 11 is 6.36. The number of carbonyl (C=O) groups excluding carboxylic acids is 2. The number of aromatic nitrogens is 1. The van der Waals surface area contributed by atoms with Crippen molar-refractivity contribution in [2.45, 2.75) is 97.3 Å². The molecule has 0 bridgehead atoms. The van der Waals surface area contributed by atoms with Gasteiger partial charge in [-0.3, -0.25) is 5.32 Å². The highest BCUT2D eigenvalue weighted by atomic mass is 35.5. The van der Waals surface area contributed by atoms with Gasteiger partial charge in [-0.05, 0) is 96.7 Å². The van der Waals surface area contributed by atoms with Crippen LogP contribution in [0.4, 0.5) is 15.3 Å². The first-order valence-corrected chi connectivity index (χ1v) is 14.7. The van der Waals surface area contributed by atoms with Crippen LogP contribution in [-0.2, 0) is 15.9 Å². The zero-order valence-electron chi connectivity index (χ0n) is 24.9. The van der Waals surface area contributed by atoms with E-state index in [1.807, 2.05) is 18.2 Å². The van der Waals surface area contributed by atoms with Crippen molar-refractivity contribution in [2.24, 2.45) is 4.99 Å². The predicted octanol–water partition coefficient (Wildman–Crippen LogP) is 7.67. The molecule has 0 atom stereocenters. The second-order valence-electron chi connectivity index (χ2n) is 12.6. The van der Waals surface area contributed by atoms with Crippen molar-refractivity contribution in [1.29, 1.82) is 0 Å². The zero-order valence-corrected chi connectivity index (χ0v) is 25.6. The smallest absolute Gasteiger partial charge is 0.437 e. The summed E-state index contributed by atoms with van der Waals surface area (Å²) in [5, 5.41) is 12.2. The zero-order chi connectivity index (χ0) is 29.8. The molecule has 10 heteroatoms. The van der Waals surface area contributed by atoms with Crippen molar-refractivity contribution in [3.8, 4) is 0 Å². The molecule has 222 valence electrons. The number of rotatable bonds is 5. The lowest BCUT2D eigenvalue weighted by Crippen LogP contribution is -2.44. The van der Waals surface area contributed by atoms with Crippen molar-refractivity contribution in [2.75, 3.05) is 11.9 Å². The minimum absolute atomic E-state index is 0.0374. The average molecular weight is 584 g/mol. The number of halogens is 1. The third kappa shape index (κ3) is 9.01. The predicted molar refractivity (Wildman–Crippen MR) is 166 cm³/mol. The molecule has 0 radical (unpaired) electrons. The van der Waals surface area contributed by atoms with Crippen molar-refractivity contribution < 1.29 is 19.1 Å². The summed E-state index contributed by atoms with van der Waals surface area (Å²) in [5.74, 6) is -0.0374. The number of fused-ring (bicyclic) bond motifs is 3. The molecule has 1 aromatic heterocycles. The fourth-order valence-corrected chi connectivity index (χ4v) is 5.18. The van der Waals surface area contributed by atoms with Crippen LogP contribution in [-0.4, -0.2) is 46.9 Å². The van der Waals surface area contributed by atoms with Crippen LogP contribution in [0.2, 0.25) is 5.02 Å². The number of anilines is 1. The second-order valence-corrected chi connectivity index (χ2v) is 13.0. The second kappa shape index (κ2) is 12.6. The number of aromatic amines is 1. The number of hydrogen-bond acceptors (Lipinski definition) is 5. The van der Waals surface area contributed by atoms with Gasteiger partial charge in [0.2, 0.25) is 5.96 Å². The number of benzene rings is 2. The molecule has 1 aliphatic rings. The number of guanidine groups is 1. The minimum Gasteiger partial charge on any atom is -0.444 e. The van der Waals surface area contributed by atoms with E-state index in [-0.39, 0.29) is 5.96 Å². The quantitative estimate of drug-likeness (QED) is 0.181. The number of alkyl carbamates (subject to hydrolysis) is 1. The van der Waals surface area contributed by atoms with E-state index < -0.39 is 23.4 Å². The molecule has 1 fully saturated rings. The first-order valence-electron chi connectivity index (χ1n) is 14.3. The van der Waals surface area contributed by atoms with E-state index in [1.54, 1.807) is 41.5 Å². The molecule has 41 heavy (non-hydrogen) atoms. The maximum Gasteiger partial charge on any atom is 0.437 e. The molecule has 0 spiro atoms. The van der Waals surface area contributed by atoms with Crippen LogP contribution in [0.25, 0.3) is 21.8 Å². The van der Waals surface area contributed by atoms with Crippen LogP contribution in [0, 0.1) is 0 Å². The Morgan fingerprint density at radius 1 is 0.976 bits per heavy atom. The number of aliphatic imine (C=N–C) groups is 1. The molecule has 4 rings (SSSR count). The van der Waals surface area contributed by atoms with E-state index in [2.05, 4.69) is 38.1 Å². The third-order valence-corrected chi connectivity index (χ3v) is 6.87. The number of carbonyl (C=O) groups is 2. The van der Waals surface area contributed by atoms with Gasteiger partial charge in [0.15, 0.2) is 0 Å². The van der Waals surface area contributed by atoms with Crippen molar-refractivity contribution in [3.05, 3.63) is 40.9 Å². The van der Waals surface area contributed by atoms with Gasteiger partial charge in [0.05, 0.1) is 0 Å². The van der Waals surface area contributed by atoms with Crippen molar-refractivity contribution in [1.82, 2.24) is 15.6 Å². The summed E-state index contributed by atoms with van der Waals surface area (Å²) in [4.78, 5) is 32.4. The molecular weight excluding hydrogens is 542 g/mol. The lowest BCUT2D eigenvalue weighted by molar-refractivity contribution is 0.0560. The summed E-state index contributed by atoms with van der Waals surface area (Å²) in [7, 11) is 0. The summed E-state index contributed by atoms with van der Waals surface area (Å²) < 4.78 is 10.7. The van der Waals surface area contributed by atoms with Gasteiger partial charge in [-0.25, -0.2) is 9.59 Å². The maximum atomic E-state index is 12.5. The van der Waals surface area contributed by atoms with Gasteiger partial charge >= 0.3 is 12.2 Å². The Labute approximate surface area is 246 Å². The molecule has 4 N–H and O–H groups in total. The molecule has 2 amide bonds. The summed E-state index contributed by atoms with van der Waals surface area (Å²) in [6, 6.07) is 10.7. The normalized spacial score (nSPS) is 15.1. The van der Waals surface area contributed by atoms with Crippen LogP contribution in [0.5, 0.6) is 0 Å². The van der Waals surface area contributed by atoms with E-state index >= 15 is 0 Å². The highest BCUT2D eigenvalue weighted by Crippen LogP contribution is 2.33.